The Labute approximate surface area is 155 Å². The van der Waals surface area contributed by atoms with Gasteiger partial charge in [-0.3, -0.25) is 0 Å². The third kappa shape index (κ3) is 4.69. The number of unbranched alkanes of at least 4 members (excludes halogenated alkanes) is 3. The van der Waals surface area contributed by atoms with Crippen LogP contribution in [0.3, 0.4) is 0 Å². The fourth-order valence-electron chi connectivity index (χ4n) is 3.05. The molecule has 0 radical (unpaired) electrons. The molecule has 0 unspecified atom stereocenters. The average molecular weight is 349 g/mol. The second kappa shape index (κ2) is 8.61. The number of hydrogen-bond donors (Lipinski definition) is 1. The highest BCUT2D eigenvalue weighted by atomic mass is 15.3. The SMILES string of the molecule is CCCCCCc1ccc(Nc2cc(-n3nc(C)cc3C)ncn2)cc1. The van der Waals surface area contributed by atoms with Crippen molar-refractivity contribution in [1.82, 2.24) is 19.7 Å². The van der Waals surface area contributed by atoms with Crippen molar-refractivity contribution in [2.45, 2.75) is 52.9 Å². The normalized spacial score (nSPS) is 10.9. The highest BCUT2D eigenvalue weighted by Gasteiger charge is 2.07. The van der Waals surface area contributed by atoms with E-state index in [1.807, 2.05) is 30.7 Å². The molecular formula is C21H27N5. The van der Waals surface area contributed by atoms with Crippen molar-refractivity contribution >= 4 is 11.5 Å². The van der Waals surface area contributed by atoms with Gasteiger partial charge in [0.25, 0.3) is 0 Å². The molecule has 2 heterocycles. The highest BCUT2D eigenvalue weighted by molar-refractivity contribution is 5.57. The second-order valence-corrected chi connectivity index (χ2v) is 6.73. The van der Waals surface area contributed by atoms with Gasteiger partial charge >= 0.3 is 0 Å². The largest absolute Gasteiger partial charge is 0.340 e. The topological polar surface area (TPSA) is 55.6 Å². The minimum absolute atomic E-state index is 0.762. The van der Waals surface area contributed by atoms with Crippen molar-refractivity contribution in [1.29, 1.82) is 0 Å². The first-order valence-corrected chi connectivity index (χ1v) is 9.37. The van der Waals surface area contributed by atoms with Crippen LogP contribution in [-0.4, -0.2) is 19.7 Å². The molecule has 2 aromatic heterocycles. The van der Waals surface area contributed by atoms with Crippen LogP contribution in [0.1, 0.15) is 49.6 Å². The fraction of sp³-hybridized carbons (Fsp3) is 0.381. The number of rotatable bonds is 8. The van der Waals surface area contributed by atoms with Crippen LogP contribution in [0.25, 0.3) is 5.82 Å². The molecule has 0 amide bonds. The van der Waals surface area contributed by atoms with Crippen LogP contribution >= 0.6 is 0 Å². The van der Waals surface area contributed by atoms with Crippen molar-refractivity contribution in [3.05, 3.63) is 59.7 Å². The van der Waals surface area contributed by atoms with Gasteiger partial charge in [0.1, 0.15) is 12.1 Å². The summed E-state index contributed by atoms with van der Waals surface area (Å²) in [6, 6.07) is 12.6. The van der Waals surface area contributed by atoms with Gasteiger partial charge in [0, 0.05) is 17.4 Å². The zero-order valence-corrected chi connectivity index (χ0v) is 15.9. The van der Waals surface area contributed by atoms with E-state index in [-0.39, 0.29) is 0 Å². The Morgan fingerprint density at radius 1 is 0.962 bits per heavy atom. The van der Waals surface area contributed by atoms with Gasteiger partial charge in [0.2, 0.25) is 0 Å². The molecule has 136 valence electrons. The number of nitrogens with zero attached hydrogens (tertiary/aromatic N) is 4. The van der Waals surface area contributed by atoms with Crippen molar-refractivity contribution in [3.63, 3.8) is 0 Å². The Bertz CT molecular complexity index is 836. The van der Waals surface area contributed by atoms with Crippen LogP contribution < -0.4 is 5.32 Å². The molecule has 0 atom stereocenters. The standard InChI is InChI=1S/C21H27N5/c1-4-5-6-7-8-18-9-11-19(12-10-18)24-20-14-21(23-15-22-20)26-17(3)13-16(2)25-26/h9-15H,4-8H2,1-3H3,(H,22,23,24). The van der Waals surface area contributed by atoms with Gasteiger partial charge in [-0.15, -0.1) is 0 Å². The predicted molar refractivity (Wildman–Crippen MR) is 106 cm³/mol. The first-order chi connectivity index (χ1) is 12.7. The summed E-state index contributed by atoms with van der Waals surface area (Å²) in [5.41, 5.74) is 4.45. The average Bonchev–Trinajstić information content (AvgIpc) is 2.99. The van der Waals surface area contributed by atoms with E-state index in [1.54, 1.807) is 6.33 Å². The molecule has 0 aliphatic carbocycles. The number of anilines is 2. The van der Waals surface area contributed by atoms with Gasteiger partial charge in [0.15, 0.2) is 5.82 Å². The summed E-state index contributed by atoms with van der Waals surface area (Å²) in [6.45, 7) is 6.25. The Hall–Kier alpha value is -2.69. The number of benzene rings is 1. The molecular weight excluding hydrogens is 322 g/mol. The smallest absolute Gasteiger partial charge is 0.159 e. The molecule has 5 nitrogen and oxygen atoms in total. The van der Waals surface area contributed by atoms with Crippen molar-refractivity contribution < 1.29 is 0 Å². The van der Waals surface area contributed by atoms with Gasteiger partial charge in [-0.25, -0.2) is 14.6 Å². The lowest BCUT2D eigenvalue weighted by Gasteiger charge is -2.09. The molecule has 3 aromatic rings. The molecule has 0 saturated carbocycles. The van der Waals surface area contributed by atoms with E-state index in [0.29, 0.717) is 0 Å². The maximum Gasteiger partial charge on any atom is 0.159 e. The lowest BCUT2D eigenvalue weighted by Crippen LogP contribution is -2.04. The fourth-order valence-corrected chi connectivity index (χ4v) is 3.05. The van der Waals surface area contributed by atoms with E-state index in [1.165, 1.54) is 31.2 Å². The molecule has 0 aliphatic heterocycles. The Balaban J connectivity index is 1.65. The molecule has 1 N–H and O–H groups in total. The first-order valence-electron chi connectivity index (χ1n) is 9.37. The van der Waals surface area contributed by atoms with Crippen LogP contribution in [-0.2, 0) is 6.42 Å². The van der Waals surface area contributed by atoms with Crippen LogP contribution in [0.15, 0.2) is 42.7 Å². The maximum atomic E-state index is 4.48. The van der Waals surface area contributed by atoms with Gasteiger partial charge in [0.05, 0.1) is 5.69 Å². The highest BCUT2D eigenvalue weighted by Crippen LogP contribution is 2.18. The molecule has 0 fully saturated rings. The summed E-state index contributed by atoms with van der Waals surface area (Å²) in [5, 5.41) is 7.83. The van der Waals surface area contributed by atoms with E-state index < -0.39 is 0 Å². The summed E-state index contributed by atoms with van der Waals surface area (Å²) >= 11 is 0. The molecule has 3 rings (SSSR count). The van der Waals surface area contributed by atoms with Crippen molar-refractivity contribution in [2.24, 2.45) is 0 Å². The lowest BCUT2D eigenvalue weighted by atomic mass is 10.1. The minimum atomic E-state index is 0.762. The summed E-state index contributed by atoms with van der Waals surface area (Å²) in [4.78, 5) is 8.66. The molecule has 0 spiro atoms. The van der Waals surface area contributed by atoms with E-state index in [9.17, 15) is 0 Å². The third-order valence-electron chi connectivity index (χ3n) is 4.42. The van der Waals surface area contributed by atoms with E-state index in [2.05, 4.69) is 51.6 Å². The molecule has 0 bridgehead atoms. The molecule has 0 aliphatic rings. The monoisotopic (exact) mass is 349 g/mol. The van der Waals surface area contributed by atoms with E-state index in [4.69, 9.17) is 0 Å². The summed E-state index contributed by atoms with van der Waals surface area (Å²) < 4.78 is 1.83. The van der Waals surface area contributed by atoms with Gasteiger partial charge in [-0.1, -0.05) is 38.3 Å². The number of nitrogens with one attached hydrogen (secondary N) is 1. The van der Waals surface area contributed by atoms with E-state index >= 15 is 0 Å². The Morgan fingerprint density at radius 3 is 2.46 bits per heavy atom. The number of hydrogen-bond acceptors (Lipinski definition) is 4. The van der Waals surface area contributed by atoms with Crippen LogP contribution in [0.4, 0.5) is 11.5 Å². The Morgan fingerprint density at radius 2 is 1.77 bits per heavy atom. The summed E-state index contributed by atoms with van der Waals surface area (Å²) in [6.07, 6.45) is 7.89. The summed E-state index contributed by atoms with van der Waals surface area (Å²) in [5.74, 6) is 1.53. The lowest BCUT2D eigenvalue weighted by molar-refractivity contribution is 0.667. The number of aryl methyl sites for hydroxylation is 3. The van der Waals surface area contributed by atoms with Crippen LogP contribution in [0.5, 0.6) is 0 Å². The first kappa shape index (κ1) is 18.1. The van der Waals surface area contributed by atoms with Crippen LogP contribution in [0.2, 0.25) is 0 Å². The maximum absolute atomic E-state index is 4.48. The number of aromatic nitrogens is 4. The molecule has 26 heavy (non-hydrogen) atoms. The summed E-state index contributed by atoms with van der Waals surface area (Å²) in [7, 11) is 0. The zero-order valence-electron chi connectivity index (χ0n) is 15.9. The second-order valence-electron chi connectivity index (χ2n) is 6.73. The minimum Gasteiger partial charge on any atom is -0.340 e. The van der Waals surface area contributed by atoms with Gasteiger partial charge in [-0.05, 0) is 50.5 Å². The van der Waals surface area contributed by atoms with Crippen molar-refractivity contribution in [3.8, 4) is 5.82 Å². The third-order valence-corrected chi connectivity index (χ3v) is 4.42. The predicted octanol–water partition coefficient (Wildman–Crippen LogP) is 5.15. The van der Waals surface area contributed by atoms with Gasteiger partial charge < -0.3 is 5.32 Å². The van der Waals surface area contributed by atoms with Crippen LogP contribution in [0, 0.1) is 13.8 Å². The van der Waals surface area contributed by atoms with Crippen molar-refractivity contribution in [2.75, 3.05) is 5.32 Å². The van der Waals surface area contributed by atoms with Gasteiger partial charge in [-0.2, -0.15) is 5.10 Å². The molecule has 1 aromatic carbocycles. The molecule has 5 heteroatoms. The molecule has 0 saturated heterocycles. The van der Waals surface area contributed by atoms with E-state index in [0.717, 1.165) is 35.1 Å². The Kier molecular flexibility index (Phi) is 6.00. The quantitative estimate of drug-likeness (QED) is 0.572. The zero-order chi connectivity index (χ0) is 18.4.